The van der Waals surface area contributed by atoms with Crippen molar-refractivity contribution in [3.05, 3.63) is 88.0 Å². The summed E-state index contributed by atoms with van der Waals surface area (Å²) in [4.78, 5) is 28.8. The Morgan fingerprint density at radius 3 is 2.28 bits per heavy atom. The van der Waals surface area contributed by atoms with Crippen LogP contribution in [0.15, 0.2) is 60.2 Å². The molecule has 1 amide bonds. The summed E-state index contributed by atoms with van der Waals surface area (Å²) in [5.74, 6) is 0.0958. The quantitative estimate of drug-likeness (QED) is 0.205. The number of aliphatic hydroxyl groups is 1. The number of rotatable bonds is 8. The molecule has 7 heteroatoms. The van der Waals surface area contributed by atoms with E-state index >= 15 is 0 Å². The fourth-order valence-electron chi connectivity index (χ4n) is 5.01. The summed E-state index contributed by atoms with van der Waals surface area (Å²) in [7, 11) is 3.14. The maximum absolute atomic E-state index is 13.7. The maximum atomic E-state index is 13.7. The van der Waals surface area contributed by atoms with Crippen molar-refractivity contribution >= 4 is 23.1 Å². The minimum absolute atomic E-state index is 0.00777. The molecule has 3 aromatic carbocycles. The number of Topliss-reactive ketones (excluding diaryl/α,β-unsaturated/α-hetero) is 1. The Morgan fingerprint density at radius 2 is 1.64 bits per heavy atom. The minimum atomic E-state index is -0.889. The van der Waals surface area contributed by atoms with Gasteiger partial charge in [0.15, 0.2) is 11.5 Å². The number of methoxy groups -OCH3 is 2. The van der Waals surface area contributed by atoms with Crippen LogP contribution in [0.5, 0.6) is 17.2 Å². The van der Waals surface area contributed by atoms with E-state index in [0.717, 1.165) is 16.7 Å². The summed E-state index contributed by atoms with van der Waals surface area (Å²) >= 11 is 0. The van der Waals surface area contributed by atoms with E-state index in [9.17, 15) is 14.7 Å². The van der Waals surface area contributed by atoms with Crippen LogP contribution in [0.2, 0.25) is 0 Å². The molecule has 1 fully saturated rings. The van der Waals surface area contributed by atoms with Crippen LogP contribution >= 0.6 is 0 Å². The SMILES string of the molecule is CCOc1cc(C2/C(=C(\O)c3ccc(OC)c(C(C)C)c3)C(=O)C(=O)N2c2cccc(C)c2C)ccc1OC. The van der Waals surface area contributed by atoms with Crippen LogP contribution in [0.4, 0.5) is 5.69 Å². The highest BCUT2D eigenvalue weighted by Crippen LogP contribution is 2.45. The zero-order valence-electron chi connectivity index (χ0n) is 23.5. The highest BCUT2D eigenvalue weighted by molar-refractivity contribution is 6.51. The molecule has 204 valence electrons. The summed E-state index contributed by atoms with van der Waals surface area (Å²) in [5, 5.41) is 11.7. The highest BCUT2D eigenvalue weighted by atomic mass is 16.5. The van der Waals surface area contributed by atoms with Crippen LogP contribution in [0.1, 0.15) is 60.5 Å². The molecular formula is C32H35NO6. The van der Waals surface area contributed by atoms with E-state index in [1.165, 1.54) is 4.90 Å². The number of aliphatic hydroxyl groups excluding tert-OH is 1. The van der Waals surface area contributed by atoms with Crippen molar-refractivity contribution in [1.29, 1.82) is 0 Å². The van der Waals surface area contributed by atoms with Gasteiger partial charge in [-0.2, -0.15) is 0 Å². The largest absolute Gasteiger partial charge is 0.507 e. The first-order valence-corrected chi connectivity index (χ1v) is 13.0. The third kappa shape index (κ3) is 4.97. The van der Waals surface area contributed by atoms with E-state index < -0.39 is 17.7 Å². The van der Waals surface area contributed by atoms with Gasteiger partial charge in [-0.05, 0) is 85.3 Å². The zero-order valence-corrected chi connectivity index (χ0v) is 23.5. The molecule has 1 N–H and O–H groups in total. The minimum Gasteiger partial charge on any atom is -0.507 e. The predicted molar refractivity (Wildman–Crippen MR) is 152 cm³/mol. The smallest absolute Gasteiger partial charge is 0.300 e. The normalized spacial score (nSPS) is 16.6. The Labute approximate surface area is 229 Å². The number of aryl methyl sites for hydroxylation is 1. The van der Waals surface area contributed by atoms with Gasteiger partial charge < -0.3 is 19.3 Å². The van der Waals surface area contributed by atoms with Crippen LogP contribution in [0.25, 0.3) is 5.76 Å². The van der Waals surface area contributed by atoms with Gasteiger partial charge in [-0.25, -0.2) is 0 Å². The van der Waals surface area contributed by atoms with Crippen molar-refractivity contribution < 1.29 is 28.9 Å². The van der Waals surface area contributed by atoms with Crippen molar-refractivity contribution in [3.8, 4) is 17.2 Å². The van der Waals surface area contributed by atoms with Crippen LogP contribution in [0, 0.1) is 13.8 Å². The first-order chi connectivity index (χ1) is 18.6. The molecule has 0 aliphatic carbocycles. The average Bonchev–Trinajstić information content (AvgIpc) is 3.19. The van der Waals surface area contributed by atoms with E-state index in [-0.39, 0.29) is 17.3 Å². The first-order valence-electron chi connectivity index (χ1n) is 13.0. The molecule has 1 saturated heterocycles. The summed E-state index contributed by atoms with van der Waals surface area (Å²) in [6.45, 7) is 10.2. The number of ether oxygens (including phenoxy) is 3. The number of hydrogen-bond acceptors (Lipinski definition) is 6. The molecule has 1 heterocycles. The van der Waals surface area contributed by atoms with Crippen LogP contribution < -0.4 is 19.1 Å². The predicted octanol–water partition coefficient (Wildman–Crippen LogP) is 6.47. The molecule has 0 aromatic heterocycles. The van der Waals surface area contributed by atoms with Gasteiger partial charge in [-0.3, -0.25) is 14.5 Å². The summed E-state index contributed by atoms with van der Waals surface area (Å²) in [5.41, 5.74) is 4.38. The molecule has 0 spiro atoms. The third-order valence-electron chi connectivity index (χ3n) is 7.21. The van der Waals surface area contributed by atoms with Crippen molar-refractivity contribution in [3.63, 3.8) is 0 Å². The molecule has 1 aliphatic rings. The molecular weight excluding hydrogens is 494 g/mol. The summed E-state index contributed by atoms with van der Waals surface area (Å²) in [6.07, 6.45) is 0. The van der Waals surface area contributed by atoms with E-state index in [4.69, 9.17) is 14.2 Å². The molecule has 39 heavy (non-hydrogen) atoms. The van der Waals surface area contributed by atoms with Gasteiger partial charge in [-0.15, -0.1) is 0 Å². The standard InChI is InChI=1S/C32H35NO6/c1-8-39-27-17-21(12-15-26(27)38-7)29-28(30(34)22-13-14-25(37-6)23(16-22)18(2)3)31(35)32(36)33(29)24-11-9-10-19(4)20(24)5/h9-18,29,34H,8H2,1-7H3/b30-28+. The Hall–Kier alpha value is -4.26. The van der Waals surface area contributed by atoms with Gasteiger partial charge in [0, 0.05) is 11.3 Å². The zero-order chi connectivity index (χ0) is 28.4. The molecule has 7 nitrogen and oxygen atoms in total. The number of nitrogens with zero attached hydrogens (tertiary/aromatic N) is 1. The Bertz CT molecular complexity index is 1460. The number of carbonyl (C=O) groups is 2. The lowest BCUT2D eigenvalue weighted by atomic mass is 9.92. The number of anilines is 1. The van der Waals surface area contributed by atoms with Crippen molar-refractivity contribution in [2.75, 3.05) is 25.7 Å². The van der Waals surface area contributed by atoms with Gasteiger partial charge in [0.2, 0.25) is 0 Å². The fraction of sp³-hybridized carbons (Fsp3) is 0.312. The second-order valence-corrected chi connectivity index (χ2v) is 9.84. The molecule has 1 aliphatic heterocycles. The lowest BCUT2D eigenvalue weighted by Gasteiger charge is -2.28. The van der Waals surface area contributed by atoms with Crippen LogP contribution in [-0.2, 0) is 9.59 Å². The van der Waals surface area contributed by atoms with Gasteiger partial charge in [0.25, 0.3) is 11.7 Å². The van der Waals surface area contributed by atoms with E-state index in [1.54, 1.807) is 50.6 Å². The van der Waals surface area contributed by atoms with Gasteiger partial charge in [0.05, 0.1) is 32.4 Å². The maximum Gasteiger partial charge on any atom is 0.300 e. The molecule has 3 aromatic rings. The number of carbonyl (C=O) groups excluding carboxylic acids is 2. The summed E-state index contributed by atoms with van der Waals surface area (Å²) in [6, 6.07) is 15.3. The molecule has 1 unspecified atom stereocenters. The number of ketones is 1. The van der Waals surface area contributed by atoms with Crippen LogP contribution in [0.3, 0.4) is 0 Å². The Kier molecular flexibility index (Phi) is 8.00. The van der Waals surface area contributed by atoms with E-state index in [2.05, 4.69) is 0 Å². The van der Waals surface area contributed by atoms with E-state index in [1.807, 2.05) is 52.8 Å². The number of benzene rings is 3. The van der Waals surface area contributed by atoms with Crippen molar-refractivity contribution in [1.82, 2.24) is 0 Å². The molecule has 0 saturated carbocycles. The lowest BCUT2D eigenvalue weighted by molar-refractivity contribution is -0.132. The van der Waals surface area contributed by atoms with Crippen molar-refractivity contribution in [2.24, 2.45) is 0 Å². The number of amides is 1. The second kappa shape index (κ2) is 11.2. The third-order valence-corrected chi connectivity index (χ3v) is 7.21. The van der Waals surface area contributed by atoms with E-state index in [0.29, 0.717) is 40.7 Å². The van der Waals surface area contributed by atoms with Crippen molar-refractivity contribution in [2.45, 2.75) is 46.6 Å². The first kappa shape index (κ1) is 27.8. The Balaban J connectivity index is 2.01. The summed E-state index contributed by atoms with van der Waals surface area (Å²) < 4.78 is 16.8. The number of hydrogen-bond donors (Lipinski definition) is 1. The molecule has 0 bridgehead atoms. The van der Waals surface area contributed by atoms with Gasteiger partial charge >= 0.3 is 0 Å². The molecule has 0 radical (unpaired) electrons. The average molecular weight is 530 g/mol. The molecule has 4 rings (SSSR count). The second-order valence-electron chi connectivity index (χ2n) is 9.84. The highest BCUT2D eigenvalue weighted by Gasteiger charge is 2.47. The topological polar surface area (TPSA) is 85.3 Å². The van der Waals surface area contributed by atoms with Gasteiger partial charge in [-0.1, -0.05) is 32.0 Å². The molecule has 1 atom stereocenters. The van der Waals surface area contributed by atoms with Gasteiger partial charge in [0.1, 0.15) is 11.5 Å². The fourth-order valence-corrected chi connectivity index (χ4v) is 5.01. The van der Waals surface area contributed by atoms with Crippen LogP contribution in [-0.4, -0.2) is 37.6 Å². The Morgan fingerprint density at radius 1 is 0.949 bits per heavy atom. The monoisotopic (exact) mass is 529 g/mol. The lowest BCUT2D eigenvalue weighted by Crippen LogP contribution is -2.30.